The zero-order valence-electron chi connectivity index (χ0n) is 17.1. The minimum absolute atomic E-state index is 0.507. The van der Waals surface area contributed by atoms with E-state index in [0.717, 1.165) is 5.92 Å². The molecule has 0 radical (unpaired) electrons. The van der Waals surface area contributed by atoms with Gasteiger partial charge in [-0.1, -0.05) is 110 Å². The van der Waals surface area contributed by atoms with Gasteiger partial charge in [-0.25, -0.2) is 0 Å². The first-order valence-electron chi connectivity index (χ1n) is 11.0. The van der Waals surface area contributed by atoms with E-state index in [4.69, 9.17) is 0 Å². The van der Waals surface area contributed by atoms with Gasteiger partial charge in [0.2, 0.25) is 0 Å². The minimum Gasteiger partial charge on any atom is -0.508 e. The largest absolute Gasteiger partial charge is 0.508 e. The van der Waals surface area contributed by atoms with Gasteiger partial charge in [-0.05, 0) is 36.3 Å². The van der Waals surface area contributed by atoms with Crippen molar-refractivity contribution >= 4 is 0 Å². The molecule has 0 aromatic heterocycles. The average molecular weight is 347 g/mol. The van der Waals surface area contributed by atoms with Crippen LogP contribution >= 0.6 is 0 Å². The first-order chi connectivity index (χ1) is 12.2. The van der Waals surface area contributed by atoms with Gasteiger partial charge < -0.3 is 5.11 Å². The summed E-state index contributed by atoms with van der Waals surface area (Å²) in [6.45, 7) is 6.87. The number of phenols is 1. The zero-order valence-corrected chi connectivity index (χ0v) is 17.1. The van der Waals surface area contributed by atoms with Crippen LogP contribution in [0.2, 0.25) is 0 Å². The van der Waals surface area contributed by atoms with Crippen LogP contribution in [-0.2, 0) is 0 Å². The van der Waals surface area contributed by atoms with Crippen molar-refractivity contribution in [2.45, 2.75) is 110 Å². The monoisotopic (exact) mass is 346 g/mol. The van der Waals surface area contributed by atoms with E-state index in [1.807, 2.05) is 12.1 Å². The van der Waals surface area contributed by atoms with E-state index in [0.29, 0.717) is 11.7 Å². The van der Waals surface area contributed by atoms with Crippen molar-refractivity contribution in [1.82, 2.24) is 0 Å². The second-order valence-corrected chi connectivity index (χ2v) is 7.77. The summed E-state index contributed by atoms with van der Waals surface area (Å²) in [5.74, 6) is 1.76. The van der Waals surface area contributed by atoms with Crippen molar-refractivity contribution in [2.75, 3.05) is 0 Å². The van der Waals surface area contributed by atoms with Crippen LogP contribution < -0.4 is 0 Å². The fourth-order valence-electron chi connectivity index (χ4n) is 4.15. The lowest BCUT2D eigenvalue weighted by molar-refractivity contribution is 0.325. The van der Waals surface area contributed by atoms with Crippen LogP contribution in [0.3, 0.4) is 0 Å². The van der Waals surface area contributed by atoms with Crippen molar-refractivity contribution < 1.29 is 5.11 Å². The Balaban J connectivity index is 2.65. The topological polar surface area (TPSA) is 20.2 Å². The van der Waals surface area contributed by atoms with Crippen LogP contribution in [0.4, 0.5) is 0 Å². The van der Waals surface area contributed by atoms with Gasteiger partial charge in [-0.15, -0.1) is 0 Å². The minimum atomic E-state index is 0.507. The molecule has 0 spiro atoms. The molecule has 0 heterocycles. The lowest BCUT2D eigenvalue weighted by Crippen LogP contribution is -2.14. The number of benzene rings is 1. The van der Waals surface area contributed by atoms with Crippen LogP contribution in [0.1, 0.15) is 116 Å². The summed E-state index contributed by atoms with van der Waals surface area (Å²) < 4.78 is 0. The van der Waals surface area contributed by atoms with Gasteiger partial charge in [0.25, 0.3) is 0 Å². The van der Waals surface area contributed by atoms with E-state index in [1.54, 1.807) is 0 Å². The number of unbranched alkanes of at least 4 members (excludes halogenated alkanes) is 7. The molecule has 1 N–H and O–H groups in total. The molecule has 0 fully saturated rings. The molecule has 0 bridgehead atoms. The van der Waals surface area contributed by atoms with E-state index in [-0.39, 0.29) is 0 Å². The Morgan fingerprint density at radius 3 is 1.96 bits per heavy atom. The van der Waals surface area contributed by atoms with Gasteiger partial charge in [0.15, 0.2) is 0 Å². The lowest BCUT2D eigenvalue weighted by Gasteiger charge is -2.28. The fourth-order valence-corrected chi connectivity index (χ4v) is 4.15. The third-order valence-corrected chi connectivity index (χ3v) is 5.61. The maximum atomic E-state index is 10.4. The molecule has 0 amide bonds. The Morgan fingerprint density at radius 1 is 0.680 bits per heavy atom. The van der Waals surface area contributed by atoms with Gasteiger partial charge in [0, 0.05) is 0 Å². The van der Waals surface area contributed by atoms with Crippen LogP contribution in [-0.4, -0.2) is 5.11 Å². The number of rotatable bonds is 15. The summed E-state index contributed by atoms with van der Waals surface area (Å²) in [4.78, 5) is 0. The Morgan fingerprint density at radius 2 is 1.32 bits per heavy atom. The van der Waals surface area contributed by atoms with Gasteiger partial charge in [-0.3, -0.25) is 0 Å². The Bertz CT molecular complexity index is 426. The van der Waals surface area contributed by atoms with E-state index >= 15 is 0 Å². The van der Waals surface area contributed by atoms with Gasteiger partial charge in [0.05, 0.1) is 0 Å². The van der Waals surface area contributed by atoms with E-state index in [1.165, 1.54) is 89.0 Å². The predicted molar refractivity (Wildman–Crippen MR) is 111 cm³/mol. The summed E-state index contributed by atoms with van der Waals surface area (Å²) >= 11 is 0. The van der Waals surface area contributed by atoms with Crippen molar-refractivity contribution in [1.29, 1.82) is 0 Å². The Labute approximate surface area is 157 Å². The first-order valence-corrected chi connectivity index (χ1v) is 11.0. The number of aromatic hydroxyl groups is 1. The van der Waals surface area contributed by atoms with Crippen LogP contribution in [0.15, 0.2) is 24.3 Å². The van der Waals surface area contributed by atoms with E-state index in [2.05, 4.69) is 32.9 Å². The molecule has 1 aromatic carbocycles. The molecule has 25 heavy (non-hydrogen) atoms. The molecule has 1 nitrogen and oxygen atoms in total. The maximum Gasteiger partial charge on any atom is 0.119 e. The van der Waals surface area contributed by atoms with Crippen molar-refractivity contribution in [3.8, 4) is 5.75 Å². The molecular weight excluding hydrogens is 304 g/mol. The van der Waals surface area contributed by atoms with Crippen molar-refractivity contribution in [2.24, 2.45) is 5.92 Å². The molecule has 0 saturated heterocycles. The lowest BCUT2D eigenvalue weighted by atomic mass is 9.77. The Hall–Kier alpha value is -0.980. The molecule has 2 atom stereocenters. The number of phenolic OH excluding ortho intramolecular Hbond substituents is 1. The summed E-state index contributed by atoms with van der Waals surface area (Å²) in [6, 6.07) is 8.08. The van der Waals surface area contributed by atoms with Crippen molar-refractivity contribution in [3.05, 3.63) is 29.8 Å². The summed E-state index contributed by atoms with van der Waals surface area (Å²) in [5.41, 5.74) is 1.20. The fraction of sp³-hybridized carbons (Fsp3) is 0.750. The highest BCUT2D eigenvalue weighted by Crippen LogP contribution is 2.39. The highest BCUT2D eigenvalue weighted by atomic mass is 16.3. The highest BCUT2D eigenvalue weighted by Gasteiger charge is 2.24. The molecule has 0 aliphatic rings. The number of para-hydroxylation sites is 1. The highest BCUT2D eigenvalue weighted by molar-refractivity contribution is 5.35. The average Bonchev–Trinajstić information content (AvgIpc) is 2.62. The molecule has 1 rings (SSSR count). The molecular formula is C24H42O. The third kappa shape index (κ3) is 8.79. The normalized spacial score (nSPS) is 13.7. The summed E-state index contributed by atoms with van der Waals surface area (Å²) in [6.07, 6.45) is 17.2. The standard InChI is InChI=1S/C24H42O/c1-4-7-9-10-11-12-13-18-22(21(16-6-3)17-8-5-2)23-19-14-15-20-24(23)25/h14-15,19-22,25H,4-13,16-18H2,1-3H3. The SMILES string of the molecule is CCCCCCCCCC(c1ccccc1O)C(CCC)CCCC. The first kappa shape index (κ1) is 22.1. The molecule has 0 aliphatic carbocycles. The quantitative estimate of drug-likeness (QED) is 0.317. The third-order valence-electron chi connectivity index (χ3n) is 5.61. The molecule has 1 aromatic rings. The smallest absolute Gasteiger partial charge is 0.119 e. The number of hydrogen-bond acceptors (Lipinski definition) is 1. The molecule has 1 heteroatoms. The van der Waals surface area contributed by atoms with Gasteiger partial charge in [-0.2, -0.15) is 0 Å². The number of hydrogen-bond donors (Lipinski definition) is 1. The Kier molecular flexibility index (Phi) is 12.5. The summed E-state index contributed by atoms with van der Waals surface area (Å²) in [7, 11) is 0. The maximum absolute atomic E-state index is 10.4. The molecule has 144 valence electrons. The van der Waals surface area contributed by atoms with Crippen molar-refractivity contribution in [3.63, 3.8) is 0 Å². The predicted octanol–water partition coefficient (Wildman–Crippen LogP) is 8.22. The van der Waals surface area contributed by atoms with Gasteiger partial charge >= 0.3 is 0 Å². The molecule has 0 aliphatic heterocycles. The van der Waals surface area contributed by atoms with Gasteiger partial charge in [0.1, 0.15) is 5.75 Å². The second kappa shape index (κ2) is 14.2. The van der Waals surface area contributed by atoms with Crippen LogP contribution in [0.25, 0.3) is 0 Å². The molecule has 2 unspecified atom stereocenters. The zero-order chi connectivity index (χ0) is 18.3. The van der Waals surface area contributed by atoms with Crippen LogP contribution in [0.5, 0.6) is 5.75 Å². The molecule has 0 saturated carbocycles. The van der Waals surface area contributed by atoms with E-state index in [9.17, 15) is 5.11 Å². The van der Waals surface area contributed by atoms with E-state index < -0.39 is 0 Å². The van der Waals surface area contributed by atoms with Crippen LogP contribution in [0, 0.1) is 5.92 Å². The second-order valence-electron chi connectivity index (χ2n) is 7.77. The summed E-state index contributed by atoms with van der Waals surface area (Å²) in [5, 5.41) is 10.4.